The molecule has 102 valence electrons. The van der Waals surface area contributed by atoms with E-state index in [1.165, 1.54) is 32.9 Å². The minimum Gasteiger partial charge on any atom is -0.426 e. The normalized spacial score (nSPS) is 9.68. The van der Waals surface area contributed by atoms with E-state index < -0.39 is 17.9 Å². The second kappa shape index (κ2) is 5.99. The van der Waals surface area contributed by atoms with Crippen molar-refractivity contribution in [1.82, 2.24) is 0 Å². The van der Waals surface area contributed by atoms with Crippen molar-refractivity contribution in [1.29, 1.82) is 0 Å². The lowest BCUT2D eigenvalue weighted by atomic mass is 10.2. The van der Waals surface area contributed by atoms with Gasteiger partial charge in [-0.3, -0.25) is 14.4 Å². The first kappa shape index (κ1) is 14.7. The van der Waals surface area contributed by atoms with Gasteiger partial charge in [-0.2, -0.15) is 0 Å². The van der Waals surface area contributed by atoms with E-state index in [1.807, 2.05) is 0 Å². The van der Waals surface area contributed by atoms with E-state index in [1.54, 1.807) is 6.92 Å². The molecule has 1 aromatic carbocycles. The minimum atomic E-state index is -0.573. The highest BCUT2D eigenvalue weighted by atomic mass is 16.6. The van der Waals surface area contributed by atoms with Crippen LogP contribution in [0.5, 0.6) is 17.2 Å². The molecule has 0 aliphatic carbocycles. The first-order valence-corrected chi connectivity index (χ1v) is 5.50. The monoisotopic (exact) mass is 266 g/mol. The predicted molar refractivity (Wildman–Crippen MR) is 65.1 cm³/mol. The van der Waals surface area contributed by atoms with Crippen molar-refractivity contribution in [2.75, 3.05) is 0 Å². The Morgan fingerprint density at radius 1 is 0.789 bits per heavy atom. The van der Waals surface area contributed by atoms with Crippen LogP contribution in [0.1, 0.15) is 26.3 Å². The van der Waals surface area contributed by atoms with E-state index in [4.69, 9.17) is 14.2 Å². The van der Waals surface area contributed by atoms with Crippen LogP contribution >= 0.6 is 0 Å². The second-order valence-corrected chi connectivity index (χ2v) is 3.80. The van der Waals surface area contributed by atoms with E-state index in [2.05, 4.69) is 0 Å². The van der Waals surface area contributed by atoms with Crippen molar-refractivity contribution in [2.45, 2.75) is 27.7 Å². The Bertz CT molecular complexity index is 532. The highest BCUT2D eigenvalue weighted by molar-refractivity contribution is 5.76. The van der Waals surface area contributed by atoms with E-state index >= 15 is 0 Å². The van der Waals surface area contributed by atoms with Crippen LogP contribution in [0.3, 0.4) is 0 Å². The van der Waals surface area contributed by atoms with Crippen LogP contribution < -0.4 is 14.2 Å². The number of ether oxygens (including phenoxy) is 3. The molecule has 1 aromatic rings. The van der Waals surface area contributed by atoms with Crippen LogP contribution in [-0.2, 0) is 14.4 Å². The third kappa shape index (κ3) is 4.09. The van der Waals surface area contributed by atoms with Crippen molar-refractivity contribution in [3.8, 4) is 17.2 Å². The first-order valence-electron chi connectivity index (χ1n) is 5.50. The zero-order chi connectivity index (χ0) is 14.6. The van der Waals surface area contributed by atoms with E-state index in [9.17, 15) is 14.4 Å². The molecule has 0 aliphatic rings. The van der Waals surface area contributed by atoms with Gasteiger partial charge >= 0.3 is 17.9 Å². The molecule has 0 heterocycles. The molecule has 19 heavy (non-hydrogen) atoms. The summed E-state index contributed by atoms with van der Waals surface area (Å²) >= 11 is 0. The molecule has 0 atom stereocenters. The van der Waals surface area contributed by atoms with Gasteiger partial charge in [0.2, 0.25) is 0 Å². The Hall–Kier alpha value is -2.37. The van der Waals surface area contributed by atoms with Gasteiger partial charge in [0.1, 0.15) is 5.75 Å². The molecule has 0 bridgehead atoms. The Kier molecular flexibility index (Phi) is 4.63. The summed E-state index contributed by atoms with van der Waals surface area (Å²) in [5.74, 6) is -1.24. The number of rotatable bonds is 3. The molecule has 6 nitrogen and oxygen atoms in total. The Morgan fingerprint density at radius 2 is 1.21 bits per heavy atom. The van der Waals surface area contributed by atoms with Crippen molar-refractivity contribution >= 4 is 17.9 Å². The van der Waals surface area contributed by atoms with Crippen molar-refractivity contribution in [2.24, 2.45) is 0 Å². The van der Waals surface area contributed by atoms with Gasteiger partial charge in [-0.05, 0) is 19.1 Å². The average Bonchev–Trinajstić information content (AvgIpc) is 2.26. The molecule has 6 heteroatoms. The van der Waals surface area contributed by atoms with E-state index in [-0.39, 0.29) is 17.2 Å². The molecular formula is C13H14O6. The molecule has 0 saturated heterocycles. The van der Waals surface area contributed by atoms with Gasteiger partial charge in [-0.25, -0.2) is 0 Å². The molecular weight excluding hydrogens is 252 g/mol. The number of hydrogen-bond donors (Lipinski definition) is 0. The van der Waals surface area contributed by atoms with Gasteiger partial charge in [0, 0.05) is 26.3 Å². The number of carbonyl (C=O) groups excluding carboxylic acids is 3. The SMILES string of the molecule is CC(=O)Oc1ccc(OC(C)=O)c(OC(C)=O)c1C. The summed E-state index contributed by atoms with van der Waals surface area (Å²) in [4.78, 5) is 33.0. The maximum absolute atomic E-state index is 11.1. The molecule has 0 N–H and O–H groups in total. The second-order valence-electron chi connectivity index (χ2n) is 3.80. The summed E-state index contributed by atoms with van der Waals surface area (Å²) in [6.45, 7) is 5.29. The summed E-state index contributed by atoms with van der Waals surface area (Å²) in [5.41, 5.74) is 0.393. The average molecular weight is 266 g/mol. The standard InChI is InChI=1S/C13H14O6/c1-7-11(17-8(2)14)5-6-12(18-9(3)15)13(7)19-10(4)16/h5-6H,1-4H3. The lowest BCUT2D eigenvalue weighted by Gasteiger charge is -2.14. The first-order chi connectivity index (χ1) is 8.81. The number of carbonyl (C=O) groups is 3. The number of esters is 3. The molecule has 0 fully saturated rings. The smallest absolute Gasteiger partial charge is 0.308 e. The fourth-order valence-corrected chi connectivity index (χ4v) is 1.42. The van der Waals surface area contributed by atoms with Crippen molar-refractivity contribution < 1.29 is 28.6 Å². The van der Waals surface area contributed by atoms with Crippen LogP contribution in [-0.4, -0.2) is 17.9 Å². The minimum absolute atomic E-state index is 0.0569. The molecule has 0 saturated carbocycles. The summed E-state index contributed by atoms with van der Waals surface area (Å²) in [5, 5.41) is 0. The molecule has 0 aromatic heterocycles. The third-order valence-corrected chi connectivity index (χ3v) is 2.07. The van der Waals surface area contributed by atoms with Gasteiger partial charge in [0.15, 0.2) is 11.5 Å². The highest BCUT2D eigenvalue weighted by Crippen LogP contribution is 2.37. The van der Waals surface area contributed by atoms with Gasteiger partial charge < -0.3 is 14.2 Å². The van der Waals surface area contributed by atoms with Crippen LogP contribution in [0.2, 0.25) is 0 Å². The summed E-state index contributed by atoms with van der Waals surface area (Å²) < 4.78 is 14.9. The van der Waals surface area contributed by atoms with Crippen molar-refractivity contribution in [3.05, 3.63) is 17.7 Å². The Balaban J connectivity index is 3.26. The molecule has 0 amide bonds. The quantitative estimate of drug-likeness (QED) is 0.612. The highest BCUT2D eigenvalue weighted by Gasteiger charge is 2.17. The Morgan fingerprint density at radius 3 is 1.68 bits per heavy atom. The fourth-order valence-electron chi connectivity index (χ4n) is 1.42. The molecule has 0 radical (unpaired) electrons. The van der Waals surface area contributed by atoms with Crippen LogP contribution in [0.25, 0.3) is 0 Å². The third-order valence-electron chi connectivity index (χ3n) is 2.07. The fraction of sp³-hybridized carbons (Fsp3) is 0.308. The largest absolute Gasteiger partial charge is 0.426 e. The van der Waals surface area contributed by atoms with Crippen molar-refractivity contribution in [3.63, 3.8) is 0 Å². The summed E-state index contributed by atoms with van der Waals surface area (Å²) in [6.07, 6.45) is 0. The van der Waals surface area contributed by atoms with Gasteiger partial charge in [-0.15, -0.1) is 0 Å². The zero-order valence-electron chi connectivity index (χ0n) is 11.1. The van der Waals surface area contributed by atoms with Gasteiger partial charge in [0.25, 0.3) is 0 Å². The maximum Gasteiger partial charge on any atom is 0.308 e. The topological polar surface area (TPSA) is 78.9 Å². The van der Waals surface area contributed by atoms with E-state index in [0.717, 1.165) is 0 Å². The van der Waals surface area contributed by atoms with E-state index in [0.29, 0.717) is 5.56 Å². The van der Waals surface area contributed by atoms with Gasteiger partial charge in [-0.1, -0.05) is 0 Å². The number of benzene rings is 1. The summed E-state index contributed by atoms with van der Waals surface area (Å²) in [7, 11) is 0. The maximum atomic E-state index is 11.1. The lowest BCUT2D eigenvalue weighted by molar-refractivity contribution is -0.134. The lowest BCUT2D eigenvalue weighted by Crippen LogP contribution is -2.10. The van der Waals surface area contributed by atoms with Crippen LogP contribution in [0.4, 0.5) is 0 Å². The van der Waals surface area contributed by atoms with Crippen LogP contribution in [0.15, 0.2) is 12.1 Å². The van der Waals surface area contributed by atoms with Crippen LogP contribution in [0, 0.1) is 6.92 Å². The molecule has 0 spiro atoms. The van der Waals surface area contributed by atoms with Gasteiger partial charge in [0.05, 0.1) is 0 Å². The molecule has 1 rings (SSSR count). The predicted octanol–water partition coefficient (Wildman–Crippen LogP) is 1.77. The molecule has 0 aliphatic heterocycles. The number of hydrogen-bond acceptors (Lipinski definition) is 6. The Labute approximate surface area is 110 Å². The molecule has 0 unspecified atom stereocenters. The summed E-state index contributed by atoms with van der Waals surface area (Å²) in [6, 6.07) is 2.85. The zero-order valence-corrected chi connectivity index (χ0v) is 11.1.